The molecule has 2 aromatic rings. The van der Waals surface area contributed by atoms with E-state index in [0.717, 1.165) is 54.6 Å². The van der Waals surface area contributed by atoms with E-state index in [4.69, 9.17) is 9.84 Å². The molecule has 1 amide bonds. The lowest BCUT2D eigenvalue weighted by Crippen LogP contribution is -2.58. The third-order valence-electron chi connectivity index (χ3n) is 6.81. The quantitative estimate of drug-likeness (QED) is 0.435. The van der Waals surface area contributed by atoms with Crippen molar-refractivity contribution in [1.29, 1.82) is 0 Å². The number of carbonyl (C=O) groups is 1. The van der Waals surface area contributed by atoms with Gasteiger partial charge in [0.05, 0.1) is 11.4 Å². The predicted octanol–water partition coefficient (Wildman–Crippen LogP) is 5.64. The number of ether oxygens (including phenoxy) is 1. The van der Waals surface area contributed by atoms with Gasteiger partial charge in [-0.2, -0.15) is 5.10 Å². The largest absolute Gasteiger partial charge is 0.385 e. The van der Waals surface area contributed by atoms with Gasteiger partial charge in [0.2, 0.25) is 5.91 Å². The number of hydrogen-bond donors (Lipinski definition) is 1. The molecule has 0 saturated carbocycles. The zero-order valence-corrected chi connectivity index (χ0v) is 21.2. The molecule has 0 saturated heterocycles. The number of rotatable bonds is 11. The second kappa shape index (κ2) is 11.6. The highest BCUT2D eigenvalue weighted by Gasteiger charge is 2.53. The Bertz CT molecular complexity index is 1010. The summed E-state index contributed by atoms with van der Waals surface area (Å²) in [5.74, 6) is -0.468. The van der Waals surface area contributed by atoms with Crippen LogP contribution < -0.4 is 10.3 Å². The Morgan fingerprint density at radius 2 is 1.91 bits per heavy atom. The second-order valence-corrected chi connectivity index (χ2v) is 9.22. The molecular formula is C28H38FN3O2. The predicted molar refractivity (Wildman–Crippen MR) is 137 cm³/mol. The van der Waals surface area contributed by atoms with Crippen LogP contribution in [0.3, 0.4) is 0 Å². The molecule has 34 heavy (non-hydrogen) atoms. The number of carbonyl (C=O) groups excluding carboxylic acids is 1. The summed E-state index contributed by atoms with van der Waals surface area (Å²) in [7, 11) is 1.66. The Kier molecular flexibility index (Phi) is 8.84. The lowest BCUT2D eigenvalue weighted by atomic mass is 9.76. The molecule has 1 aliphatic rings. The van der Waals surface area contributed by atoms with Gasteiger partial charge in [0, 0.05) is 26.2 Å². The molecule has 5 nitrogen and oxygen atoms in total. The first-order chi connectivity index (χ1) is 16.4. The molecule has 1 N–H and O–H groups in total. The molecule has 6 heteroatoms. The number of unbranched alkanes of at least 4 members (excludes halogenated alkanes) is 1. The number of halogens is 1. The average molecular weight is 468 g/mol. The molecule has 0 spiro atoms. The fourth-order valence-electron chi connectivity index (χ4n) is 4.73. The number of amides is 1. The van der Waals surface area contributed by atoms with Gasteiger partial charge in [-0.3, -0.25) is 4.79 Å². The number of benzene rings is 2. The van der Waals surface area contributed by atoms with Crippen molar-refractivity contribution in [2.75, 3.05) is 25.3 Å². The first-order valence-corrected chi connectivity index (χ1v) is 12.4. The van der Waals surface area contributed by atoms with Gasteiger partial charge in [-0.05, 0) is 68.0 Å². The molecule has 1 heterocycles. The van der Waals surface area contributed by atoms with Crippen LogP contribution in [0.2, 0.25) is 0 Å². The molecule has 2 aromatic carbocycles. The van der Waals surface area contributed by atoms with E-state index in [1.165, 1.54) is 17.7 Å². The van der Waals surface area contributed by atoms with E-state index in [9.17, 15) is 9.18 Å². The highest BCUT2D eigenvalue weighted by atomic mass is 19.1. The molecule has 1 aliphatic heterocycles. The van der Waals surface area contributed by atoms with Crippen LogP contribution in [-0.4, -0.2) is 37.4 Å². The Morgan fingerprint density at radius 3 is 2.53 bits per heavy atom. The molecule has 2 atom stereocenters. The van der Waals surface area contributed by atoms with E-state index in [1.807, 2.05) is 11.9 Å². The number of methoxy groups -OCH3 is 1. The fourth-order valence-corrected chi connectivity index (χ4v) is 4.73. The van der Waals surface area contributed by atoms with Crippen LogP contribution in [0.1, 0.15) is 63.1 Å². The van der Waals surface area contributed by atoms with E-state index in [2.05, 4.69) is 44.3 Å². The van der Waals surface area contributed by atoms with Crippen molar-refractivity contribution in [2.24, 2.45) is 11.0 Å². The monoisotopic (exact) mass is 467 g/mol. The zero-order chi connectivity index (χ0) is 24.7. The van der Waals surface area contributed by atoms with Gasteiger partial charge in [0.1, 0.15) is 11.4 Å². The Labute approximate surface area is 203 Å². The van der Waals surface area contributed by atoms with Crippen LogP contribution in [0.25, 0.3) is 0 Å². The number of hydrogen-bond acceptors (Lipinski definition) is 4. The highest BCUT2D eigenvalue weighted by Crippen LogP contribution is 2.43. The highest BCUT2D eigenvalue weighted by molar-refractivity contribution is 6.10. The maximum absolute atomic E-state index is 13.8. The number of nitrogens with one attached hydrogen (secondary N) is 1. The molecule has 0 bridgehead atoms. The molecule has 184 valence electrons. The van der Waals surface area contributed by atoms with Crippen LogP contribution >= 0.6 is 0 Å². The minimum absolute atomic E-state index is 0.0514. The second-order valence-electron chi connectivity index (χ2n) is 9.22. The smallest absolute Gasteiger partial charge is 0.248 e. The van der Waals surface area contributed by atoms with E-state index in [-0.39, 0.29) is 17.6 Å². The fraction of sp³-hybridized carbons (Fsp3) is 0.500. The molecule has 0 fully saturated rings. The van der Waals surface area contributed by atoms with Crippen molar-refractivity contribution < 1.29 is 13.9 Å². The summed E-state index contributed by atoms with van der Waals surface area (Å²) in [4.78, 5) is 13.8. The summed E-state index contributed by atoms with van der Waals surface area (Å²) >= 11 is 0. The Morgan fingerprint density at radius 1 is 1.18 bits per heavy atom. The van der Waals surface area contributed by atoms with Gasteiger partial charge < -0.3 is 10.1 Å². The van der Waals surface area contributed by atoms with E-state index in [0.29, 0.717) is 13.2 Å². The minimum atomic E-state index is -0.912. The van der Waals surface area contributed by atoms with E-state index < -0.39 is 5.54 Å². The maximum Gasteiger partial charge on any atom is 0.248 e. The minimum Gasteiger partial charge on any atom is -0.385 e. The van der Waals surface area contributed by atoms with Crippen LogP contribution in [0.15, 0.2) is 47.6 Å². The maximum atomic E-state index is 13.8. The lowest BCUT2D eigenvalue weighted by molar-refractivity contribution is -0.126. The molecule has 2 unspecified atom stereocenters. The van der Waals surface area contributed by atoms with Crippen molar-refractivity contribution in [3.05, 3.63) is 65.0 Å². The number of aryl methyl sites for hydroxylation is 2. The number of anilines is 1. The van der Waals surface area contributed by atoms with Gasteiger partial charge in [0.25, 0.3) is 0 Å². The zero-order valence-electron chi connectivity index (χ0n) is 21.2. The Hall–Kier alpha value is -2.73. The van der Waals surface area contributed by atoms with Gasteiger partial charge in [-0.1, -0.05) is 51.0 Å². The molecule has 0 aliphatic carbocycles. The van der Waals surface area contributed by atoms with Crippen LogP contribution in [0, 0.1) is 18.7 Å². The number of hydrazone groups is 1. The summed E-state index contributed by atoms with van der Waals surface area (Å²) in [6.45, 7) is 9.47. The summed E-state index contributed by atoms with van der Waals surface area (Å²) in [6, 6.07) is 12.8. The van der Waals surface area contributed by atoms with Gasteiger partial charge in [-0.25, -0.2) is 9.40 Å². The molecular weight excluding hydrogens is 429 g/mol. The topological polar surface area (TPSA) is 53.9 Å². The van der Waals surface area contributed by atoms with Crippen molar-refractivity contribution >= 4 is 17.3 Å². The standard InChI is InChI=1S/C28H38FN3O2/c1-6-8-10-24-26(22-12-14-23(29)15-13-22)31-32(25-16-11-21(7-2)19-20(25)3)28(24,4)27(33)30-17-9-18-34-5/h11-16,19,24H,6-10,17-18H2,1-5H3,(H,30,33). The lowest BCUT2D eigenvalue weighted by Gasteiger charge is -2.38. The first kappa shape index (κ1) is 25.9. The molecule has 3 rings (SSSR count). The first-order valence-electron chi connectivity index (χ1n) is 12.4. The van der Waals surface area contributed by atoms with Crippen molar-refractivity contribution in [2.45, 2.75) is 65.3 Å². The summed E-state index contributed by atoms with van der Waals surface area (Å²) < 4.78 is 18.8. The van der Waals surface area contributed by atoms with Crippen LogP contribution in [-0.2, 0) is 16.0 Å². The van der Waals surface area contributed by atoms with Gasteiger partial charge >= 0.3 is 0 Å². The van der Waals surface area contributed by atoms with Gasteiger partial charge in [-0.15, -0.1) is 0 Å². The summed E-state index contributed by atoms with van der Waals surface area (Å²) in [5, 5.41) is 10.1. The Balaban J connectivity index is 2.10. The van der Waals surface area contributed by atoms with Crippen molar-refractivity contribution in [3.63, 3.8) is 0 Å². The normalized spacial score (nSPS) is 19.9. The van der Waals surface area contributed by atoms with Crippen LogP contribution in [0.4, 0.5) is 10.1 Å². The summed E-state index contributed by atoms with van der Waals surface area (Å²) in [5.41, 5.74) is 4.02. The number of nitrogens with zero attached hydrogens (tertiary/aromatic N) is 2. The summed E-state index contributed by atoms with van der Waals surface area (Å²) in [6.07, 6.45) is 4.49. The van der Waals surface area contributed by atoms with E-state index in [1.54, 1.807) is 19.2 Å². The van der Waals surface area contributed by atoms with Gasteiger partial charge in [0.15, 0.2) is 0 Å². The molecule has 0 radical (unpaired) electrons. The average Bonchev–Trinajstić information content (AvgIpc) is 3.13. The SMILES string of the molecule is CCCCC1C(c2ccc(F)cc2)=NN(c2ccc(CC)cc2C)C1(C)C(=O)NCCCOC. The third kappa shape index (κ3) is 5.33. The van der Waals surface area contributed by atoms with Crippen LogP contribution in [0.5, 0.6) is 0 Å². The van der Waals surface area contributed by atoms with E-state index >= 15 is 0 Å². The third-order valence-corrected chi connectivity index (χ3v) is 6.81. The van der Waals surface area contributed by atoms with Crippen molar-refractivity contribution in [1.82, 2.24) is 5.32 Å². The van der Waals surface area contributed by atoms with Crippen molar-refractivity contribution in [3.8, 4) is 0 Å². The molecule has 0 aromatic heterocycles.